The van der Waals surface area contributed by atoms with E-state index in [0.29, 0.717) is 5.56 Å². The maximum absolute atomic E-state index is 11.9. The molecule has 6 nitrogen and oxygen atoms in total. The van der Waals surface area contributed by atoms with Crippen molar-refractivity contribution in [1.82, 2.24) is 4.72 Å². The Hall–Kier alpha value is -0.960. The number of esters is 1. The summed E-state index contributed by atoms with van der Waals surface area (Å²) in [5.74, 6) is -0.656. The maximum atomic E-state index is 11.9. The molecule has 0 unspecified atom stereocenters. The number of nitrogens with one attached hydrogen (secondary N) is 1. The third kappa shape index (κ3) is 3.03. The summed E-state index contributed by atoms with van der Waals surface area (Å²) in [4.78, 5) is 11.5. The van der Waals surface area contributed by atoms with Crippen molar-refractivity contribution in [1.29, 1.82) is 0 Å². The summed E-state index contributed by atoms with van der Waals surface area (Å²) in [6, 6.07) is 0. The van der Waals surface area contributed by atoms with Crippen LogP contribution in [-0.2, 0) is 14.8 Å². The number of methoxy groups -OCH3 is 1. The van der Waals surface area contributed by atoms with E-state index in [9.17, 15) is 13.2 Å². The SMILES string of the molecule is COC(=O)c1scc(C)c1S(=O)(=O)NCCN. The molecular formula is C9H14N2O4S2. The lowest BCUT2D eigenvalue weighted by Gasteiger charge is -2.07. The fourth-order valence-corrected chi connectivity index (χ4v) is 4.02. The molecular weight excluding hydrogens is 264 g/mol. The molecule has 0 aliphatic carbocycles. The molecule has 1 rings (SSSR count). The van der Waals surface area contributed by atoms with Crippen LogP contribution in [0.1, 0.15) is 15.2 Å². The fraction of sp³-hybridized carbons (Fsp3) is 0.444. The van der Waals surface area contributed by atoms with Gasteiger partial charge in [0.15, 0.2) is 0 Å². The van der Waals surface area contributed by atoms with Gasteiger partial charge in [-0.1, -0.05) is 0 Å². The minimum absolute atomic E-state index is 0.0252. The number of hydrogen-bond acceptors (Lipinski definition) is 6. The molecule has 0 amide bonds. The number of ether oxygens (including phenoxy) is 1. The van der Waals surface area contributed by atoms with Gasteiger partial charge < -0.3 is 10.5 Å². The Labute approximate surface area is 104 Å². The minimum atomic E-state index is -3.72. The highest BCUT2D eigenvalue weighted by Crippen LogP contribution is 2.27. The van der Waals surface area contributed by atoms with Crippen molar-refractivity contribution < 1.29 is 17.9 Å². The zero-order valence-corrected chi connectivity index (χ0v) is 11.2. The molecule has 96 valence electrons. The Bertz CT molecular complexity index is 507. The topological polar surface area (TPSA) is 98.5 Å². The average molecular weight is 278 g/mol. The van der Waals surface area contributed by atoms with Gasteiger partial charge in [-0.15, -0.1) is 11.3 Å². The van der Waals surface area contributed by atoms with Crippen molar-refractivity contribution in [2.75, 3.05) is 20.2 Å². The normalized spacial score (nSPS) is 11.5. The van der Waals surface area contributed by atoms with Crippen LogP contribution < -0.4 is 10.5 Å². The van der Waals surface area contributed by atoms with Gasteiger partial charge in [-0.3, -0.25) is 0 Å². The molecule has 0 bridgehead atoms. The van der Waals surface area contributed by atoms with Crippen molar-refractivity contribution in [3.8, 4) is 0 Å². The van der Waals surface area contributed by atoms with Gasteiger partial charge in [-0.05, 0) is 17.9 Å². The lowest BCUT2D eigenvalue weighted by molar-refractivity contribution is 0.0602. The highest BCUT2D eigenvalue weighted by atomic mass is 32.2. The van der Waals surface area contributed by atoms with Crippen LogP contribution in [-0.4, -0.2) is 34.6 Å². The largest absolute Gasteiger partial charge is 0.465 e. The number of aryl methyl sites for hydroxylation is 1. The second kappa shape index (κ2) is 5.58. The lowest BCUT2D eigenvalue weighted by atomic mass is 10.3. The number of carbonyl (C=O) groups is 1. The van der Waals surface area contributed by atoms with Crippen LogP contribution in [0.25, 0.3) is 0 Å². The molecule has 0 aliphatic heterocycles. The lowest BCUT2D eigenvalue weighted by Crippen LogP contribution is -2.30. The third-order valence-corrected chi connectivity index (χ3v) is 4.85. The summed E-state index contributed by atoms with van der Waals surface area (Å²) < 4.78 is 30.8. The predicted octanol–water partition coefficient (Wildman–Crippen LogP) is 0.0801. The number of thiophene rings is 1. The minimum Gasteiger partial charge on any atom is -0.465 e. The van der Waals surface area contributed by atoms with Gasteiger partial charge in [0.05, 0.1) is 7.11 Å². The monoisotopic (exact) mass is 278 g/mol. The number of carbonyl (C=O) groups excluding carboxylic acids is 1. The molecule has 0 atom stereocenters. The number of hydrogen-bond donors (Lipinski definition) is 2. The predicted molar refractivity (Wildman–Crippen MR) is 64.6 cm³/mol. The van der Waals surface area contributed by atoms with Crippen LogP contribution in [0.15, 0.2) is 10.3 Å². The Morgan fingerprint density at radius 2 is 2.24 bits per heavy atom. The number of rotatable bonds is 5. The summed E-state index contributed by atoms with van der Waals surface area (Å²) in [6.45, 7) is 1.94. The van der Waals surface area contributed by atoms with E-state index in [1.54, 1.807) is 12.3 Å². The number of nitrogens with two attached hydrogens (primary N) is 1. The van der Waals surface area contributed by atoms with Crippen LogP contribution in [0.4, 0.5) is 0 Å². The fourth-order valence-electron chi connectivity index (χ4n) is 1.27. The van der Waals surface area contributed by atoms with Crippen molar-refractivity contribution in [2.45, 2.75) is 11.8 Å². The van der Waals surface area contributed by atoms with Gasteiger partial charge in [-0.2, -0.15) is 0 Å². The van der Waals surface area contributed by atoms with Gasteiger partial charge in [-0.25, -0.2) is 17.9 Å². The summed E-state index contributed by atoms with van der Waals surface area (Å²) in [5.41, 5.74) is 5.75. The van der Waals surface area contributed by atoms with E-state index in [1.165, 1.54) is 7.11 Å². The second-order valence-electron chi connectivity index (χ2n) is 3.25. The molecule has 0 radical (unpaired) electrons. The van der Waals surface area contributed by atoms with E-state index in [0.717, 1.165) is 11.3 Å². The standard InChI is InChI=1S/C9H14N2O4S2/c1-6-5-16-7(9(12)15-2)8(6)17(13,14)11-4-3-10/h5,11H,3-4,10H2,1-2H3. The van der Waals surface area contributed by atoms with Crippen LogP contribution in [0.5, 0.6) is 0 Å². The molecule has 0 saturated heterocycles. The van der Waals surface area contributed by atoms with Gasteiger partial charge in [0.1, 0.15) is 9.77 Å². The van der Waals surface area contributed by atoms with E-state index >= 15 is 0 Å². The Morgan fingerprint density at radius 1 is 1.59 bits per heavy atom. The Balaban J connectivity index is 3.21. The van der Waals surface area contributed by atoms with Gasteiger partial charge in [0, 0.05) is 13.1 Å². The van der Waals surface area contributed by atoms with E-state index in [-0.39, 0.29) is 22.9 Å². The molecule has 1 aromatic heterocycles. The molecule has 0 spiro atoms. The van der Waals surface area contributed by atoms with E-state index in [1.807, 2.05) is 0 Å². The first-order valence-electron chi connectivity index (χ1n) is 4.80. The summed E-state index contributed by atoms with van der Waals surface area (Å²) in [6.07, 6.45) is 0. The Kier molecular flexibility index (Phi) is 4.63. The molecule has 1 aromatic rings. The van der Waals surface area contributed by atoms with Gasteiger partial charge in [0.2, 0.25) is 10.0 Å². The number of sulfonamides is 1. The average Bonchev–Trinajstić information content (AvgIpc) is 2.68. The van der Waals surface area contributed by atoms with Gasteiger partial charge in [0.25, 0.3) is 0 Å². The Morgan fingerprint density at radius 3 is 2.76 bits per heavy atom. The molecule has 0 aliphatic rings. The zero-order valence-electron chi connectivity index (χ0n) is 9.52. The van der Waals surface area contributed by atoms with Crippen LogP contribution in [0, 0.1) is 6.92 Å². The summed E-state index contributed by atoms with van der Waals surface area (Å²) >= 11 is 1.04. The van der Waals surface area contributed by atoms with Crippen LogP contribution >= 0.6 is 11.3 Å². The van der Waals surface area contributed by atoms with E-state index in [2.05, 4.69) is 9.46 Å². The van der Waals surface area contributed by atoms with Crippen molar-refractivity contribution >= 4 is 27.3 Å². The summed E-state index contributed by atoms with van der Waals surface area (Å²) in [5, 5.41) is 1.60. The van der Waals surface area contributed by atoms with Crippen LogP contribution in [0.2, 0.25) is 0 Å². The van der Waals surface area contributed by atoms with E-state index < -0.39 is 16.0 Å². The van der Waals surface area contributed by atoms with Crippen LogP contribution in [0.3, 0.4) is 0 Å². The van der Waals surface area contributed by atoms with Crippen molar-refractivity contribution in [2.24, 2.45) is 5.73 Å². The third-order valence-electron chi connectivity index (χ3n) is 1.99. The second-order valence-corrected chi connectivity index (χ2v) is 5.84. The quantitative estimate of drug-likeness (QED) is 0.743. The molecule has 8 heteroatoms. The molecule has 0 fully saturated rings. The van der Waals surface area contributed by atoms with Gasteiger partial charge >= 0.3 is 5.97 Å². The molecule has 17 heavy (non-hydrogen) atoms. The summed E-state index contributed by atoms with van der Waals surface area (Å²) in [7, 11) is -2.51. The maximum Gasteiger partial charge on any atom is 0.349 e. The van der Waals surface area contributed by atoms with Crippen molar-refractivity contribution in [3.05, 3.63) is 15.8 Å². The molecule has 1 heterocycles. The first-order valence-corrected chi connectivity index (χ1v) is 7.16. The molecule has 3 N–H and O–H groups in total. The first kappa shape index (κ1) is 14.1. The first-order chi connectivity index (χ1) is 7.94. The smallest absolute Gasteiger partial charge is 0.349 e. The van der Waals surface area contributed by atoms with E-state index in [4.69, 9.17) is 5.73 Å². The molecule has 0 saturated carbocycles. The van der Waals surface area contributed by atoms with Crippen molar-refractivity contribution in [3.63, 3.8) is 0 Å². The highest BCUT2D eigenvalue weighted by molar-refractivity contribution is 7.89. The zero-order chi connectivity index (χ0) is 13.1. The molecule has 0 aromatic carbocycles. The highest BCUT2D eigenvalue weighted by Gasteiger charge is 2.26.